The minimum atomic E-state index is -3.64. The summed E-state index contributed by atoms with van der Waals surface area (Å²) in [5.41, 5.74) is 4.36. The van der Waals surface area contributed by atoms with Gasteiger partial charge in [-0.2, -0.15) is 0 Å². The molecular weight excluding hydrogens is 424 g/mol. The maximum absolute atomic E-state index is 13.1. The highest BCUT2D eigenvalue weighted by atomic mass is 32.2. The Bertz CT molecular complexity index is 1110. The van der Waals surface area contributed by atoms with Crippen LogP contribution in [0, 0.1) is 0 Å². The van der Waals surface area contributed by atoms with Gasteiger partial charge in [-0.1, -0.05) is 6.07 Å². The molecule has 5 N–H and O–H groups in total. The summed E-state index contributed by atoms with van der Waals surface area (Å²) >= 11 is 0.891. The molecule has 0 aliphatic heterocycles. The molecule has 162 valence electrons. The third kappa shape index (κ3) is 3.90. The van der Waals surface area contributed by atoms with Crippen LogP contribution in [0.15, 0.2) is 14.6 Å². The number of nitrogens with zero attached hydrogens (tertiary/aromatic N) is 2. The molecule has 30 heavy (non-hydrogen) atoms. The number of nitrogens with one attached hydrogen (secondary N) is 1. The summed E-state index contributed by atoms with van der Waals surface area (Å²) in [5.74, 6) is 0. The number of aliphatic hydroxyl groups excluding tert-OH is 1. The Labute approximate surface area is 179 Å². The number of rotatable bonds is 4. The van der Waals surface area contributed by atoms with Gasteiger partial charge in [-0.3, -0.25) is 0 Å². The van der Waals surface area contributed by atoms with Crippen LogP contribution in [0.3, 0.4) is 0 Å². The molecule has 4 rings (SSSR count). The Morgan fingerprint density at radius 1 is 1.27 bits per heavy atom. The average Bonchev–Trinajstić information content (AvgIpc) is 3.38. The van der Waals surface area contributed by atoms with Crippen LogP contribution in [0.25, 0.3) is 0 Å². The molecule has 2 aliphatic rings. The molecule has 1 aromatic heterocycles. The van der Waals surface area contributed by atoms with E-state index in [0.717, 1.165) is 66.7 Å². The summed E-state index contributed by atoms with van der Waals surface area (Å²) in [6, 6.07) is 1.48. The lowest BCUT2D eigenvalue weighted by Gasteiger charge is -2.15. The van der Waals surface area contributed by atoms with Crippen LogP contribution in [0.5, 0.6) is 0 Å². The van der Waals surface area contributed by atoms with Crippen molar-refractivity contribution in [3.8, 4) is 0 Å². The number of nitrogens with two attached hydrogens (primary N) is 1. The second-order valence-corrected chi connectivity index (χ2v) is 11.3. The first-order valence-electron chi connectivity index (χ1n) is 9.96. The zero-order valence-electron chi connectivity index (χ0n) is 17.0. The fraction of sp³-hybridized carbons (Fsp3) is 0.500. The normalized spacial score (nSPS) is 17.4. The molecule has 0 fully saturated rings. The Morgan fingerprint density at radius 2 is 1.87 bits per heavy atom. The lowest BCUT2D eigenvalue weighted by Crippen LogP contribution is -2.19. The predicted molar refractivity (Wildman–Crippen MR) is 116 cm³/mol. The Balaban J connectivity index is 1.69. The van der Waals surface area contributed by atoms with E-state index >= 15 is 0 Å². The van der Waals surface area contributed by atoms with E-state index in [1.165, 1.54) is 25.0 Å². The van der Waals surface area contributed by atoms with Gasteiger partial charge < -0.3 is 15.5 Å². The summed E-state index contributed by atoms with van der Waals surface area (Å²) in [5, 5.41) is 28.8. The Kier molecular flexibility index (Phi) is 5.48. The number of benzene rings is 1. The van der Waals surface area contributed by atoms with E-state index in [-0.39, 0.29) is 14.9 Å². The van der Waals surface area contributed by atoms with Crippen molar-refractivity contribution < 1.29 is 19.2 Å². The van der Waals surface area contributed by atoms with E-state index in [2.05, 4.69) is 20.7 Å². The van der Waals surface area contributed by atoms with Gasteiger partial charge in [0.05, 0.1) is 12.3 Å². The summed E-state index contributed by atoms with van der Waals surface area (Å²) in [6.07, 6.45) is 5.88. The van der Waals surface area contributed by atoms with Crippen LogP contribution >= 0.6 is 11.3 Å². The highest BCUT2D eigenvalue weighted by Crippen LogP contribution is 2.39. The minimum Gasteiger partial charge on any atom is -0.390 e. The highest BCUT2D eigenvalue weighted by molar-refractivity contribution is 7.93. The number of aryl methyl sites for hydroxylation is 2. The van der Waals surface area contributed by atoms with Crippen molar-refractivity contribution in [1.29, 1.82) is 0 Å². The van der Waals surface area contributed by atoms with Crippen LogP contribution in [-0.2, 0) is 47.8 Å². The Morgan fingerprint density at radius 3 is 2.40 bits per heavy atom. The van der Waals surface area contributed by atoms with Crippen LogP contribution in [0.4, 0.5) is 10.5 Å². The number of fused-ring (bicyclic) bond motifs is 2. The molecule has 1 heterocycles. The first-order valence-corrected chi connectivity index (χ1v) is 12.4. The summed E-state index contributed by atoms with van der Waals surface area (Å²) in [7, 11) is -3.64. The fourth-order valence-corrected chi connectivity index (χ4v) is 6.65. The molecule has 10 heteroatoms. The number of hydrogen-bond donors (Lipinski definition) is 4. The molecule has 1 atom stereocenters. The molecule has 1 aromatic carbocycles. The van der Waals surface area contributed by atoms with Gasteiger partial charge in [-0.15, -0.1) is 15.7 Å². The number of hydrogen-bond acceptors (Lipinski definition) is 6. The van der Waals surface area contributed by atoms with Crippen molar-refractivity contribution in [2.75, 3.05) is 5.32 Å². The van der Waals surface area contributed by atoms with Crippen molar-refractivity contribution >= 4 is 33.0 Å². The number of anilines is 1. The van der Waals surface area contributed by atoms with Crippen LogP contribution in [0.2, 0.25) is 0 Å². The Hall–Kier alpha value is -1.85. The molecule has 0 bridgehead atoms. The summed E-state index contributed by atoms with van der Waals surface area (Å²) in [4.78, 5) is 16.9. The predicted octanol–water partition coefficient (Wildman–Crippen LogP) is 2.77. The first-order chi connectivity index (χ1) is 14.1. The number of thiazole rings is 1. The lowest BCUT2D eigenvalue weighted by molar-refractivity contribution is 0.0779. The van der Waals surface area contributed by atoms with Gasteiger partial charge in [-0.25, -0.2) is 19.1 Å². The molecule has 0 radical (unpaired) electrons. The van der Waals surface area contributed by atoms with Crippen LogP contribution in [-0.4, -0.2) is 25.4 Å². The van der Waals surface area contributed by atoms with Gasteiger partial charge in [0.2, 0.25) is 0 Å². The number of urea groups is 1. The quantitative estimate of drug-likeness (QED) is 0.567. The smallest absolute Gasteiger partial charge is 0.354 e. The van der Waals surface area contributed by atoms with E-state index in [0.29, 0.717) is 0 Å². The second-order valence-electron chi connectivity index (χ2n) is 8.29. The molecule has 0 saturated carbocycles. The zero-order chi connectivity index (χ0) is 21.7. The van der Waals surface area contributed by atoms with Crippen LogP contribution < -0.4 is 10.5 Å². The van der Waals surface area contributed by atoms with Gasteiger partial charge in [0, 0.05) is 5.69 Å². The van der Waals surface area contributed by atoms with Crippen molar-refractivity contribution in [3.05, 3.63) is 39.0 Å². The summed E-state index contributed by atoms with van der Waals surface area (Å²) < 4.78 is 16.9. The van der Waals surface area contributed by atoms with E-state index in [1.807, 2.05) is 0 Å². The monoisotopic (exact) mass is 450 g/mol. The minimum absolute atomic E-state index is 0.000736. The number of carbonyl (C=O) groups excluding carboxylic acids is 1. The molecule has 2 amide bonds. The van der Waals surface area contributed by atoms with E-state index in [4.69, 9.17) is 5.14 Å². The molecule has 0 saturated heterocycles. The number of aliphatic hydroxyl groups is 2. The van der Waals surface area contributed by atoms with E-state index in [9.17, 15) is 19.2 Å². The fourth-order valence-electron chi connectivity index (χ4n) is 4.19. The van der Waals surface area contributed by atoms with Gasteiger partial charge in [0.25, 0.3) is 0 Å². The molecule has 2 aliphatic carbocycles. The van der Waals surface area contributed by atoms with Gasteiger partial charge in [0.15, 0.2) is 9.92 Å². The number of amides is 2. The molecule has 0 spiro atoms. The van der Waals surface area contributed by atoms with Crippen molar-refractivity contribution in [3.63, 3.8) is 0 Å². The zero-order valence-corrected chi connectivity index (χ0v) is 18.7. The maximum atomic E-state index is 13.1. The third-order valence-electron chi connectivity index (χ3n) is 5.52. The molecule has 2 aromatic rings. The van der Waals surface area contributed by atoms with E-state index in [1.54, 1.807) is 0 Å². The average molecular weight is 451 g/mol. The van der Waals surface area contributed by atoms with Crippen LogP contribution in [0.1, 0.15) is 59.6 Å². The second kappa shape index (κ2) is 7.69. The van der Waals surface area contributed by atoms with Crippen molar-refractivity contribution in [2.24, 2.45) is 9.50 Å². The SMILES string of the molecule is CC(C)(O)c1nc(CO)c([S@@](N)(=O)=NC(=O)Nc2c3c(cc4c2CCC4)CCC3)s1. The third-order valence-corrected chi connectivity index (χ3v) is 8.90. The van der Waals surface area contributed by atoms with Gasteiger partial charge in [0.1, 0.15) is 14.8 Å². The maximum Gasteiger partial charge on any atom is 0.354 e. The first kappa shape index (κ1) is 21.4. The molecule has 0 unspecified atom stereocenters. The topological polar surface area (TPSA) is 138 Å². The highest BCUT2D eigenvalue weighted by Gasteiger charge is 2.28. The standard InChI is InChI=1S/C20H26N4O4S2/c1-20(2,27)18-22-15(10-25)17(29-18)30(21,28)24-19(26)23-16-13-7-3-5-11(13)9-12-6-4-8-14(12)16/h9,25,27H,3-8,10H2,1-2H3,(H3,21,23,24,26,28)/t30-/m0/s1. The number of aromatic nitrogens is 1. The molecule has 8 nitrogen and oxygen atoms in total. The van der Waals surface area contributed by atoms with Crippen molar-refractivity contribution in [2.45, 2.75) is 68.8 Å². The van der Waals surface area contributed by atoms with Crippen molar-refractivity contribution in [1.82, 2.24) is 4.98 Å². The lowest BCUT2D eigenvalue weighted by atomic mass is 9.99. The molecular formula is C20H26N4O4S2. The summed E-state index contributed by atoms with van der Waals surface area (Å²) in [6.45, 7) is 2.53. The van der Waals surface area contributed by atoms with E-state index < -0.39 is 28.2 Å². The van der Waals surface area contributed by atoms with Gasteiger partial charge in [-0.05, 0) is 74.6 Å². The van der Waals surface area contributed by atoms with Gasteiger partial charge >= 0.3 is 6.03 Å². The number of carbonyl (C=O) groups is 1. The largest absolute Gasteiger partial charge is 0.390 e.